The summed E-state index contributed by atoms with van der Waals surface area (Å²) in [5.41, 5.74) is 1.01. The Morgan fingerprint density at radius 2 is 2.14 bits per heavy atom. The molecule has 0 bridgehead atoms. The Bertz CT molecular complexity index is 529. The maximum Gasteiger partial charge on any atom is 0.249 e. The molecule has 6 heteroatoms. The number of ether oxygens (including phenoxy) is 3. The summed E-state index contributed by atoms with van der Waals surface area (Å²) in [5.74, 6) is 1.25. The van der Waals surface area contributed by atoms with Crippen molar-refractivity contribution in [2.45, 2.75) is 25.4 Å². The predicted octanol–water partition coefficient (Wildman–Crippen LogP) is 1.95. The van der Waals surface area contributed by atoms with Crippen LogP contribution in [-0.4, -0.2) is 38.4 Å². The molecule has 0 radical (unpaired) electrons. The zero-order valence-electron chi connectivity index (χ0n) is 11.7. The fourth-order valence-electron chi connectivity index (χ4n) is 2.54. The van der Waals surface area contributed by atoms with E-state index in [1.54, 1.807) is 0 Å². The Morgan fingerprint density at radius 3 is 2.95 bits per heavy atom. The van der Waals surface area contributed by atoms with Crippen molar-refractivity contribution in [3.63, 3.8) is 0 Å². The molecule has 5 nitrogen and oxygen atoms in total. The number of carbonyl (C=O) groups excluding carboxylic acids is 1. The van der Waals surface area contributed by atoms with Gasteiger partial charge in [0, 0.05) is 13.2 Å². The minimum Gasteiger partial charge on any atom is -0.486 e. The lowest BCUT2D eigenvalue weighted by atomic mass is 10.1. The van der Waals surface area contributed by atoms with Gasteiger partial charge in [0.25, 0.3) is 0 Å². The van der Waals surface area contributed by atoms with Gasteiger partial charge in [-0.05, 0) is 37.0 Å². The van der Waals surface area contributed by atoms with Gasteiger partial charge >= 0.3 is 0 Å². The average molecular weight is 312 g/mol. The highest BCUT2D eigenvalue weighted by atomic mass is 35.5. The molecule has 0 aliphatic carbocycles. The van der Waals surface area contributed by atoms with E-state index in [1.165, 1.54) is 0 Å². The first-order chi connectivity index (χ1) is 10.2. The molecule has 1 atom stereocenters. The van der Waals surface area contributed by atoms with Crippen LogP contribution in [-0.2, 0) is 16.0 Å². The summed E-state index contributed by atoms with van der Waals surface area (Å²) >= 11 is 6.18. The minimum atomic E-state index is -0.283. The number of amides is 1. The van der Waals surface area contributed by atoms with Gasteiger partial charge in [0.1, 0.15) is 19.3 Å². The Kier molecular flexibility index (Phi) is 4.51. The second-order valence-corrected chi connectivity index (χ2v) is 5.55. The van der Waals surface area contributed by atoms with Gasteiger partial charge in [-0.1, -0.05) is 11.6 Å². The van der Waals surface area contributed by atoms with Crippen LogP contribution >= 0.6 is 11.6 Å². The molecule has 3 rings (SSSR count). The summed E-state index contributed by atoms with van der Waals surface area (Å²) in [6.07, 6.45) is 2.17. The molecule has 1 unspecified atom stereocenters. The average Bonchev–Trinajstić information content (AvgIpc) is 3.01. The Labute approximate surface area is 128 Å². The Morgan fingerprint density at radius 1 is 1.29 bits per heavy atom. The maximum atomic E-state index is 11.8. The molecular formula is C15H18ClNO4. The van der Waals surface area contributed by atoms with E-state index in [9.17, 15) is 4.79 Å². The zero-order valence-corrected chi connectivity index (χ0v) is 12.4. The van der Waals surface area contributed by atoms with E-state index in [4.69, 9.17) is 25.8 Å². The van der Waals surface area contributed by atoms with Crippen LogP contribution in [0.5, 0.6) is 11.5 Å². The topological polar surface area (TPSA) is 56.8 Å². The first-order valence-electron chi connectivity index (χ1n) is 7.21. The predicted molar refractivity (Wildman–Crippen MR) is 78.1 cm³/mol. The normalized spacial score (nSPS) is 20.3. The van der Waals surface area contributed by atoms with Gasteiger partial charge in [-0.15, -0.1) is 0 Å². The van der Waals surface area contributed by atoms with Crippen LogP contribution in [0, 0.1) is 0 Å². The molecule has 1 aromatic carbocycles. The van der Waals surface area contributed by atoms with Gasteiger partial charge in [0.15, 0.2) is 11.5 Å². The number of halogens is 1. The SMILES string of the molecule is O=C(NCCc1cc(Cl)c2c(c1)OCCO2)C1CCCO1. The molecule has 0 spiro atoms. The summed E-state index contributed by atoms with van der Waals surface area (Å²) < 4.78 is 16.4. The van der Waals surface area contributed by atoms with Crippen molar-refractivity contribution in [2.24, 2.45) is 0 Å². The van der Waals surface area contributed by atoms with Gasteiger partial charge in [-0.3, -0.25) is 4.79 Å². The molecular weight excluding hydrogens is 294 g/mol. The van der Waals surface area contributed by atoms with Crippen molar-refractivity contribution >= 4 is 17.5 Å². The van der Waals surface area contributed by atoms with Crippen molar-refractivity contribution in [2.75, 3.05) is 26.4 Å². The number of nitrogens with one attached hydrogen (secondary N) is 1. The highest BCUT2D eigenvalue weighted by Crippen LogP contribution is 2.38. The second kappa shape index (κ2) is 6.54. The van der Waals surface area contributed by atoms with Crippen molar-refractivity contribution in [3.8, 4) is 11.5 Å². The number of fused-ring (bicyclic) bond motifs is 1. The summed E-state index contributed by atoms with van der Waals surface area (Å²) in [4.78, 5) is 11.8. The third-order valence-corrected chi connectivity index (χ3v) is 3.87. The fourth-order valence-corrected chi connectivity index (χ4v) is 2.82. The van der Waals surface area contributed by atoms with Crippen LogP contribution in [0.15, 0.2) is 12.1 Å². The number of benzene rings is 1. The van der Waals surface area contributed by atoms with Crippen LogP contribution in [0.4, 0.5) is 0 Å². The van der Waals surface area contributed by atoms with Crippen LogP contribution in [0.3, 0.4) is 0 Å². The smallest absolute Gasteiger partial charge is 0.249 e. The highest BCUT2D eigenvalue weighted by Gasteiger charge is 2.23. The molecule has 0 saturated carbocycles. The van der Waals surface area contributed by atoms with Crippen LogP contribution < -0.4 is 14.8 Å². The summed E-state index contributed by atoms with van der Waals surface area (Å²) in [6, 6.07) is 3.77. The van der Waals surface area contributed by atoms with Gasteiger partial charge < -0.3 is 19.5 Å². The quantitative estimate of drug-likeness (QED) is 0.923. The number of hydrogen-bond acceptors (Lipinski definition) is 4. The molecule has 1 N–H and O–H groups in total. The highest BCUT2D eigenvalue weighted by molar-refractivity contribution is 6.32. The van der Waals surface area contributed by atoms with Crippen molar-refractivity contribution in [1.29, 1.82) is 0 Å². The molecule has 2 aliphatic rings. The lowest BCUT2D eigenvalue weighted by Gasteiger charge is -2.20. The van der Waals surface area contributed by atoms with E-state index in [-0.39, 0.29) is 12.0 Å². The van der Waals surface area contributed by atoms with Gasteiger partial charge in [-0.2, -0.15) is 0 Å². The second-order valence-electron chi connectivity index (χ2n) is 5.14. The van der Waals surface area contributed by atoms with Crippen LogP contribution in [0.2, 0.25) is 5.02 Å². The summed E-state index contributed by atoms with van der Waals surface area (Å²) in [7, 11) is 0. The van der Waals surface area contributed by atoms with Crippen molar-refractivity contribution in [1.82, 2.24) is 5.32 Å². The first kappa shape index (κ1) is 14.5. The monoisotopic (exact) mass is 311 g/mol. The third-order valence-electron chi connectivity index (χ3n) is 3.59. The summed E-state index contributed by atoms with van der Waals surface area (Å²) in [5, 5.41) is 3.44. The van der Waals surface area contributed by atoms with Gasteiger partial charge in [0.05, 0.1) is 5.02 Å². The van der Waals surface area contributed by atoms with E-state index in [2.05, 4.69) is 5.32 Å². The van der Waals surface area contributed by atoms with E-state index in [1.807, 2.05) is 12.1 Å². The largest absolute Gasteiger partial charge is 0.486 e. The fraction of sp³-hybridized carbons (Fsp3) is 0.533. The Hall–Kier alpha value is -1.46. The molecule has 1 amide bonds. The maximum absolute atomic E-state index is 11.8. The van der Waals surface area contributed by atoms with E-state index in [0.29, 0.717) is 49.3 Å². The molecule has 1 aromatic rings. The van der Waals surface area contributed by atoms with Crippen molar-refractivity contribution < 1.29 is 19.0 Å². The molecule has 1 fully saturated rings. The van der Waals surface area contributed by atoms with Gasteiger partial charge in [-0.25, -0.2) is 0 Å². The summed E-state index contributed by atoms with van der Waals surface area (Å²) in [6.45, 7) is 2.27. The number of rotatable bonds is 4. The molecule has 0 aromatic heterocycles. The van der Waals surface area contributed by atoms with Crippen molar-refractivity contribution in [3.05, 3.63) is 22.7 Å². The zero-order chi connectivity index (χ0) is 14.7. The first-order valence-corrected chi connectivity index (χ1v) is 7.59. The number of carbonyl (C=O) groups is 1. The van der Waals surface area contributed by atoms with E-state index >= 15 is 0 Å². The molecule has 2 heterocycles. The van der Waals surface area contributed by atoms with Gasteiger partial charge in [0.2, 0.25) is 5.91 Å². The third kappa shape index (κ3) is 3.41. The molecule has 114 valence electrons. The van der Waals surface area contributed by atoms with E-state index < -0.39 is 0 Å². The van der Waals surface area contributed by atoms with E-state index in [0.717, 1.165) is 18.4 Å². The van der Waals surface area contributed by atoms with Crippen LogP contribution in [0.25, 0.3) is 0 Å². The molecule has 1 saturated heterocycles. The lowest BCUT2D eigenvalue weighted by Crippen LogP contribution is -2.35. The number of hydrogen-bond donors (Lipinski definition) is 1. The Balaban J connectivity index is 1.55. The van der Waals surface area contributed by atoms with Crippen LogP contribution in [0.1, 0.15) is 18.4 Å². The lowest BCUT2D eigenvalue weighted by molar-refractivity contribution is -0.129. The molecule has 2 aliphatic heterocycles. The molecule has 21 heavy (non-hydrogen) atoms. The minimum absolute atomic E-state index is 0.0314. The standard InChI is InChI=1S/C15H18ClNO4/c16-11-8-10(9-13-14(11)21-7-6-20-13)3-4-17-15(18)12-2-1-5-19-12/h8-9,12H,1-7H2,(H,17,18).